The molecule has 1 aliphatic heterocycles. The summed E-state index contributed by atoms with van der Waals surface area (Å²) >= 11 is 0. The topological polar surface area (TPSA) is 62.6 Å². The largest absolute Gasteiger partial charge is 0.366 e. The van der Waals surface area contributed by atoms with Gasteiger partial charge in [0.15, 0.2) is 5.78 Å². The second-order valence-corrected chi connectivity index (χ2v) is 8.08. The fraction of sp³-hybridized carbons (Fsp3) is 0.269. The summed E-state index contributed by atoms with van der Waals surface area (Å²) in [5, 5.41) is 0.180. The Hall–Kier alpha value is -3.74. The normalized spacial score (nSPS) is 14.3. The van der Waals surface area contributed by atoms with Crippen LogP contribution in [0.2, 0.25) is 0 Å². The number of pyridine rings is 1. The number of nitrogens with zero attached hydrogens (tertiary/aromatic N) is 3. The number of aromatic nitrogens is 1. The number of allylic oxidation sites excluding steroid dienone is 1. The second-order valence-electron chi connectivity index (χ2n) is 8.08. The van der Waals surface area contributed by atoms with Crippen molar-refractivity contribution >= 4 is 34.4 Å². The Labute approximate surface area is 191 Å². The molecular weight excluding hydrogens is 421 g/mol. The molecule has 3 aromatic rings. The fourth-order valence-electron chi connectivity index (χ4n) is 4.17. The summed E-state index contributed by atoms with van der Waals surface area (Å²) in [4.78, 5) is 41.1. The van der Waals surface area contributed by atoms with E-state index in [4.69, 9.17) is 0 Å². The first-order chi connectivity index (χ1) is 15.9. The van der Waals surface area contributed by atoms with Crippen molar-refractivity contribution in [2.75, 3.05) is 31.1 Å². The molecule has 1 aromatic heterocycles. The van der Waals surface area contributed by atoms with Gasteiger partial charge in [0, 0.05) is 51.2 Å². The summed E-state index contributed by atoms with van der Waals surface area (Å²) in [6.45, 7) is 6.02. The zero-order chi connectivity index (χ0) is 23.5. The third kappa shape index (κ3) is 4.58. The lowest BCUT2D eigenvalue weighted by atomic mass is 10.1. The standard InChI is InChI=1S/C26H26FN3O3/c1-3-28-17-21(25(32)10-9-19-7-5-4-6-8-19)26(33)20-15-22(27)24(16-23(20)28)30-13-11-29(12-14-30)18(2)31/h4-10,15-17H,3,11-14H2,1-2H3/b10-9+. The van der Waals surface area contributed by atoms with E-state index in [0.29, 0.717) is 43.9 Å². The molecular formula is C26H26FN3O3. The molecule has 1 fully saturated rings. The summed E-state index contributed by atoms with van der Waals surface area (Å²) in [5.41, 5.74) is 1.36. The molecule has 1 aliphatic rings. The van der Waals surface area contributed by atoms with Crippen LogP contribution in [0.4, 0.5) is 10.1 Å². The van der Waals surface area contributed by atoms with Crippen LogP contribution in [0.5, 0.6) is 0 Å². The summed E-state index contributed by atoms with van der Waals surface area (Å²) in [7, 11) is 0. The van der Waals surface area contributed by atoms with E-state index in [0.717, 1.165) is 5.56 Å². The number of benzene rings is 2. The van der Waals surface area contributed by atoms with Crippen molar-refractivity contribution in [3.63, 3.8) is 0 Å². The van der Waals surface area contributed by atoms with Gasteiger partial charge in [-0.1, -0.05) is 36.4 Å². The van der Waals surface area contributed by atoms with E-state index in [1.54, 1.807) is 27.8 Å². The molecule has 1 saturated heterocycles. The molecule has 0 radical (unpaired) electrons. The van der Waals surface area contributed by atoms with Gasteiger partial charge in [0.2, 0.25) is 11.3 Å². The number of ketones is 1. The monoisotopic (exact) mass is 447 g/mol. The first-order valence-corrected chi connectivity index (χ1v) is 11.0. The molecule has 0 unspecified atom stereocenters. The predicted molar refractivity (Wildman–Crippen MR) is 128 cm³/mol. The van der Waals surface area contributed by atoms with E-state index in [1.165, 1.54) is 19.1 Å². The van der Waals surface area contributed by atoms with E-state index in [1.807, 2.05) is 42.2 Å². The van der Waals surface area contributed by atoms with Crippen molar-refractivity contribution < 1.29 is 14.0 Å². The van der Waals surface area contributed by atoms with Crippen molar-refractivity contribution in [2.24, 2.45) is 0 Å². The molecule has 0 atom stereocenters. The molecule has 0 bridgehead atoms. The maximum atomic E-state index is 15.1. The Bertz CT molecular complexity index is 1290. The average molecular weight is 448 g/mol. The molecule has 2 heterocycles. The maximum Gasteiger partial charge on any atom is 0.219 e. The van der Waals surface area contributed by atoms with Crippen molar-refractivity contribution in [3.8, 4) is 0 Å². The summed E-state index contributed by atoms with van der Waals surface area (Å²) in [6, 6.07) is 12.2. The SMILES string of the molecule is CCn1cc(C(=O)/C=C/c2ccccc2)c(=O)c2cc(F)c(N3CCN(C(C)=O)CC3)cc21. The van der Waals surface area contributed by atoms with Gasteiger partial charge < -0.3 is 14.4 Å². The highest BCUT2D eigenvalue weighted by molar-refractivity contribution is 6.08. The number of fused-ring (bicyclic) bond motifs is 1. The number of piperazine rings is 1. The number of aryl methyl sites for hydroxylation is 1. The van der Waals surface area contributed by atoms with Crippen LogP contribution in [-0.2, 0) is 11.3 Å². The van der Waals surface area contributed by atoms with Gasteiger partial charge in [-0.05, 0) is 30.7 Å². The van der Waals surface area contributed by atoms with Gasteiger partial charge >= 0.3 is 0 Å². The first-order valence-electron chi connectivity index (χ1n) is 11.0. The molecule has 0 aliphatic carbocycles. The van der Waals surface area contributed by atoms with Crippen LogP contribution in [0.15, 0.2) is 59.5 Å². The van der Waals surface area contributed by atoms with Gasteiger partial charge in [0.25, 0.3) is 0 Å². The predicted octanol–water partition coefficient (Wildman–Crippen LogP) is 3.73. The molecule has 0 saturated carbocycles. The highest BCUT2D eigenvalue weighted by Crippen LogP contribution is 2.26. The molecule has 4 rings (SSSR count). The Balaban J connectivity index is 1.70. The summed E-state index contributed by atoms with van der Waals surface area (Å²) < 4.78 is 16.9. The van der Waals surface area contributed by atoms with Crippen LogP contribution in [0, 0.1) is 5.82 Å². The van der Waals surface area contributed by atoms with Gasteiger partial charge in [-0.15, -0.1) is 0 Å². The Morgan fingerprint density at radius 1 is 1.06 bits per heavy atom. The minimum Gasteiger partial charge on any atom is -0.366 e. The third-order valence-corrected chi connectivity index (χ3v) is 6.05. The smallest absolute Gasteiger partial charge is 0.219 e. The van der Waals surface area contributed by atoms with Gasteiger partial charge in [0.1, 0.15) is 5.82 Å². The molecule has 170 valence electrons. The number of hydrogen-bond acceptors (Lipinski definition) is 4. The maximum absolute atomic E-state index is 15.1. The number of halogens is 1. The number of carbonyl (C=O) groups is 2. The molecule has 7 heteroatoms. The highest BCUT2D eigenvalue weighted by atomic mass is 19.1. The number of amides is 1. The van der Waals surface area contributed by atoms with E-state index >= 15 is 4.39 Å². The lowest BCUT2D eigenvalue weighted by Gasteiger charge is -2.36. The van der Waals surface area contributed by atoms with Crippen LogP contribution in [0.1, 0.15) is 29.8 Å². The summed E-state index contributed by atoms with van der Waals surface area (Å²) in [6.07, 6.45) is 4.58. The van der Waals surface area contributed by atoms with Crippen molar-refractivity contribution in [1.82, 2.24) is 9.47 Å². The van der Waals surface area contributed by atoms with E-state index in [-0.39, 0.29) is 16.9 Å². The lowest BCUT2D eigenvalue weighted by molar-refractivity contribution is -0.129. The number of anilines is 1. The van der Waals surface area contributed by atoms with Crippen LogP contribution in [0.25, 0.3) is 17.0 Å². The Morgan fingerprint density at radius 2 is 1.76 bits per heavy atom. The van der Waals surface area contributed by atoms with Gasteiger partial charge in [-0.25, -0.2) is 4.39 Å². The van der Waals surface area contributed by atoms with Crippen molar-refractivity contribution in [2.45, 2.75) is 20.4 Å². The van der Waals surface area contributed by atoms with E-state index in [2.05, 4.69) is 0 Å². The third-order valence-electron chi connectivity index (χ3n) is 6.05. The van der Waals surface area contributed by atoms with Crippen molar-refractivity contribution in [1.29, 1.82) is 0 Å². The number of hydrogen-bond donors (Lipinski definition) is 0. The zero-order valence-electron chi connectivity index (χ0n) is 18.8. The second kappa shape index (κ2) is 9.40. The van der Waals surface area contributed by atoms with Crippen LogP contribution in [0.3, 0.4) is 0 Å². The van der Waals surface area contributed by atoms with Gasteiger partial charge in [-0.2, -0.15) is 0 Å². The molecule has 0 spiro atoms. The quantitative estimate of drug-likeness (QED) is 0.442. The number of rotatable bonds is 5. The Morgan fingerprint density at radius 3 is 2.39 bits per heavy atom. The molecule has 33 heavy (non-hydrogen) atoms. The average Bonchev–Trinajstić information content (AvgIpc) is 2.83. The lowest BCUT2D eigenvalue weighted by Crippen LogP contribution is -2.48. The molecule has 2 aromatic carbocycles. The first kappa shape index (κ1) is 22.5. The van der Waals surface area contributed by atoms with E-state index < -0.39 is 17.0 Å². The summed E-state index contributed by atoms with van der Waals surface area (Å²) in [5.74, 6) is -0.923. The fourth-order valence-corrected chi connectivity index (χ4v) is 4.17. The van der Waals surface area contributed by atoms with E-state index in [9.17, 15) is 14.4 Å². The minimum absolute atomic E-state index is 0.00645. The van der Waals surface area contributed by atoms with Crippen LogP contribution >= 0.6 is 0 Å². The number of carbonyl (C=O) groups excluding carboxylic acids is 2. The minimum atomic E-state index is -0.511. The van der Waals surface area contributed by atoms with Gasteiger partial charge in [0.05, 0.1) is 16.8 Å². The molecule has 6 nitrogen and oxygen atoms in total. The van der Waals surface area contributed by atoms with Crippen LogP contribution < -0.4 is 10.3 Å². The van der Waals surface area contributed by atoms with Crippen molar-refractivity contribution in [3.05, 3.63) is 81.9 Å². The van der Waals surface area contributed by atoms with Crippen LogP contribution in [-0.4, -0.2) is 47.3 Å². The zero-order valence-corrected chi connectivity index (χ0v) is 18.8. The highest BCUT2D eigenvalue weighted by Gasteiger charge is 2.23. The molecule has 1 amide bonds. The molecule has 0 N–H and O–H groups in total. The van der Waals surface area contributed by atoms with Gasteiger partial charge in [-0.3, -0.25) is 14.4 Å². The Kier molecular flexibility index (Phi) is 6.40.